The summed E-state index contributed by atoms with van der Waals surface area (Å²) in [7, 11) is 0. The van der Waals surface area contributed by atoms with Crippen molar-refractivity contribution < 1.29 is 0 Å². The minimum atomic E-state index is 0. The summed E-state index contributed by atoms with van der Waals surface area (Å²) in [6.07, 6.45) is 4.85. The van der Waals surface area contributed by atoms with Crippen LogP contribution in [-0.2, 0) is 12.8 Å². The third-order valence-corrected chi connectivity index (χ3v) is 5.91. The Kier molecular flexibility index (Phi) is 5.80. The molecule has 4 heterocycles. The van der Waals surface area contributed by atoms with Crippen LogP contribution < -0.4 is 5.73 Å². The molecule has 0 aliphatic heterocycles. The molecule has 0 atom stereocenters. The largest absolute Gasteiger partial charge is 0.383 e. The molecule has 0 saturated carbocycles. The summed E-state index contributed by atoms with van der Waals surface area (Å²) in [6, 6.07) is 8.15. The number of thiophene rings is 1. The molecule has 0 spiro atoms. The molecule has 0 aliphatic rings. The average molecular weight is 404 g/mol. The first kappa shape index (κ1) is 18.7. The van der Waals surface area contributed by atoms with Gasteiger partial charge in [-0.05, 0) is 44.4 Å². The van der Waals surface area contributed by atoms with Gasteiger partial charge in [-0.2, -0.15) is 0 Å². The third-order valence-electron chi connectivity index (χ3n) is 3.87. The maximum absolute atomic E-state index is 6.16. The highest BCUT2D eigenvalue weighted by Crippen LogP contribution is 2.31. The van der Waals surface area contributed by atoms with E-state index < -0.39 is 0 Å². The maximum Gasteiger partial charge on any atom is 0.192 e. The van der Waals surface area contributed by atoms with Crippen molar-refractivity contribution >= 4 is 51.1 Å². The SMILES string of the molecule is Cc1csc(-c2nc(N)c3cc(CCCc4ccccn4)sc3n2)n1.Cl. The van der Waals surface area contributed by atoms with Gasteiger partial charge in [-0.25, -0.2) is 15.0 Å². The zero-order valence-electron chi connectivity index (χ0n) is 14.2. The van der Waals surface area contributed by atoms with Gasteiger partial charge in [0.2, 0.25) is 0 Å². The number of nitrogen functional groups attached to an aromatic ring is 1. The second-order valence-corrected chi connectivity index (χ2v) is 7.81. The lowest BCUT2D eigenvalue weighted by Crippen LogP contribution is -1.95. The Morgan fingerprint density at radius 2 is 2.00 bits per heavy atom. The summed E-state index contributed by atoms with van der Waals surface area (Å²) in [4.78, 5) is 20.1. The molecule has 134 valence electrons. The van der Waals surface area contributed by atoms with Crippen LogP contribution in [0.15, 0.2) is 35.8 Å². The van der Waals surface area contributed by atoms with Gasteiger partial charge in [-0.15, -0.1) is 35.1 Å². The van der Waals surface area contributed by atoms with Crippen LogP contribution in [-0.4, -0.2) is 19.9 Å². The van der Waals surface area contributed by atoms with E-state index in [1.54, 1.807) is 22.7 Å². The Bertz CT molecular complexity index is 1010. The Morgan fingerprint density at radius 3 is 2.73 bits per heavy atom. The lowest BCUT2D eigenvalue weighted by Gasteiger charge is -1.98. The molecule has 4 aromatic heterocycles. The molecule has 0 fully saturated rings. The average Bonchev–Trinajstić information content (AvgIpc) is 3.22. The van der Waals surface area contributed by atoms with Crippen molar-refractivity contribution in [1.82, 2.24) is 19.9 Å². The second-order valence-electron chi connectivity index (χ2n) is 5.83. The zero-order chi connectivity index (χ0) is 17.2. The Balaban J connectivity index is 0.00000196. The standard InChI is InChI=1S/C18H17N5S2.ClH/c1-11-10-24-18(21-11)16-22-15(19)14-9-13(25-17(14)23-16)7-4-6-12-5-2-3-8-20-12;/h2-3,5,8-10H,4,6-7H2,1H3,(H2,19,22,23);1H. The summed E-state index contributed by atoms with van der Waals surface area (Å²) in [6.45, 7) is 1.97. The smallest absolute Gasteiger partial charge is 0.192 e. The van der Waals surface area contributed by atoms with Crippen molar-refractivity contribution in [3.8, 4) is 10.8 Å². The molecule has 0 aliphatic carbocycles. The van der Waals surface area contributed by atoms with Gasteiger partial charge in [0, 0.05) is 27.8 Å². The quantitative estimate of drug-likeness (QED) is 0.522. The number of rotatable bonds is 5. The molecule has 0 radical (unpaired) electrons. The lowest BCUT2D eigenvalue weighted by molar-refractivity contribution is 0.808. The molecule has 0 aromatic carbocycles. The molecule has 0 unspecified atom stereocenters. The normalized spacial score (nSPS) is 10.8. The van der Waals surface area contributed by atoms with E-state index in [9.17, 15) is 0 Å². The Labute approximate surface area is 165 Å². The number of pyridine rings is 1. The first-order chi connectivity index (χ1) is 12.2. The predicted octanol–water partition coefficient (Wildman–Crippen LogP) is 4.70. The number of fused-ring (bicyclic) bond motifs is 1. The molecular weight excluding hydrogens is 386 g/mol. The highest BCUT2D eigenvalue weighted by Gasteiger charge is 2.13. The van der Waals surface area contributed by atoms with Gasteiger partial charge < -0.3 is 5.73 Å². The molecular formula is C18H18ClN5S2. The van der Waals surface area contributed by atoms with Gasteiger partial charge in [-0.1, -0.05) is 6.07 Å². The lowest BCUT2D eigenvalue weighted by atomic mass is 10.1. The van der Waals surface area contributed by atoms with E-state index >= 15 is 0 Å². The van der Waals surface area contributed by atoms with Crippen LogP contribution in [0.2, 0.25) is 0 Å². The number of nitrogens with zero attached hydrogens (tertiary/aromatic N) is 4. The first-order valence-corrected chi connectivity index (χ1v) is 9.77. The number of anilines is 1. The first-order valence-electron chi connectivity index (χ1n) is 8.07. The van der Waals surface area contributed by atoms with Crippen LogP contribution in [0.5, 0.6) is 0 Å². The Morgan fingerprint density at radius 1 is 1.12 bits per heavy atom. The van der Waals surface area contributed by atoms with E-state index in [1.807, 2.05) is 30.6 Å². The summed E-state index contributed by atoms with van der Waals surface area (Å²) in [5, 5.41) is 3.75. The van der Waals surface area contributed by atoms with Crippen LogP contribution in [0.25, 0.3) is 21.0 Å². The van der Waals surface area contributed by atoms with Crippen LogP contribution >= 0.6 is 35.1 Å². The number of hydrogen-bond acceptors (Lipinski definition) is 7. The molecule has 5 nitrogen and oxygen atoms in total. The number of nitrogens with two attached hydrogens (primary N) is 1. The Hall–Kier alpha value is -2.09. The van der Waals surface area contributed by atoms with Crippen LogP contribution in [0.1, 0.15) is 22.7 Å². The number of aryl methyl sites for hydroxylation is 3. The van der Waals surface area contributed by atoms with E-state index in [2.05, 4.69) is 32.1 Å². The van der Waals surface area contributed by atoms with Gasteiger partial charge >= 0.3 is 0 Å². The third kappa shape index (κ3) is 4.00. The fourth-order valence-electron chi connectivity index (χ4n) is 2.66. The van der Waals surface area contributed by atoms with Crippen molar-refractivity contribution in [3.63, 3.8) is 0 Å². The summed E-state index contributed by atoms with van der Waals surface area (Å²) in [5.41, 5.74) is 8.26. The van der Waals surface area contributed by atoms with E-state index in [1.165, 1.54) is 4.88 Å². The van der Waals surface area contributed by atoms with E-state index in [0.29, 0.717) is 11.6 Å². The monoisotopic (exact) mass is 403 g/mol. The van der Waals surface area contributed by atoms with E-state index in [0.717, 1.165) is 45.9 Å². The fraction of sp³-hybridized carbons (Fsp3) is 0.222. The van der Waals surface area contributed by atoms with Crippen molar-refractivity contribution in [2.24, 2.45) is 0 Å². The summed E-state index contributed by atoms with van der Waals surface area (Å²) >= 11 is 3.23. The highest BCUT2D eigenvalue weighted by atomic mass is 35.5. The summed E-state index contributed by atoms with van der Waals surface area (Å²) < 4.78 is 0. The van der Waals surface area contributed by atoms with E-state index in [4.69, 9.17) is 5.73 Å². The minimum absolute atomic E-state index is 0. The molecule has 0 saturated heterocycles. The summed E-state index contributed by atoms with van der Waals surface area (Å²) in [5.74, 6) is 1.14. The molecule has 4 aromatic rings. The van der Waals surface area contributed by atoms with Gasteiger partial charge in [0.05, 0.1) is 5.39 Å². The van der Waals surface area contributed by atoms with Gasteiger partial charge in [0.25, 0.3) is 0 Å². The number of halogens is 1. The zero-order valence-corrected chi connectivity index (χ0v) is 16.6. The van der Waals surface area contributed by atoms with Crippen molar-refractivity contribution in [2.75, 3.05) is 5.73 Å². The molecule has 8 heteroatoms. The predicted molar refractivity (Wildman–Crippen MR) is 111 cm³/mol. The van der Waals surface area contributed by atoms with Crippen LogP contribution in [0.3, 0.4) is 0 Å². The number of hydrogen-bond donors (Lipinski definition) is 1. The number of thiazole rings is 1. The molecule has 4 rings (SSSR count). The molecule has 26 heavy (non-hydrogen) atoms. The van der Waals surface area contributed by atoms with E-state index in [-0.39, 0.29) is 12.4 Å². The van der Waals surface area contributed by atoms with Crippen molar-refractivity contribution in [1.29, 1.82) is 0 Å². The van der Waals surface area contributed by atoms with Crippen molar-refractivity contribution in [2.45, 2.75) is 26.2 Å². The van der Waals surface area contributed by atoms with Gasteiger partial charge in [0.1, 0.15) is 10.6 Å². The van der Waals surface area contributed by atoms with Crippen molar-refractivity contribution in [3.05, 3.63) is 52.1 Å². The van der Waals surface area contributed by atoms with Crippen LogP contribution in [0.4, 0.5) is 5.82 Å². The second kappa shape index (κ2) is 8.07. The molecule has 2 N–H and O–H groups in total. The maximum atomic E-state index is 6.16. The minimum Gasteiger partial charge on any atom is -0.383 e. The highest BCUT2D eigenvalue weighted by molar-refractivity contribution is 7.18. The molecule has 0 amide bonds. The van der Waals surface area contributed by atoms with Gasteiger partial charge in [-0.3, -0.25) is 4.98 Å². The van der Waals surface area contributed by atoms with Crippen LogP contribution in [0, 0.1) is 6.92 Å². The van der Waals surface area contributed by atoms with Gasteiger partial charge in [0.15, 0.2) is 10.8 Å². The number of aromatic nitrogens is 4. The topological polar surface area (TPSA) is 77.6 Å². The fourth-order valence-corrected chi connectivity index (χ4v) is 4.46. The molecule has 0 bridgehead atoms.